The Morgan fingerprint density at radius 3 is 2.42 bits per heavy atom. The molecule has 2 heterocycles. The molecular formula is C27H27FN4O4. The van der Waals surface area contributed by atoms with Crippen LogP contribution in [0, 0.1) is 29.5 Å². The molecule has 0 saturated heterocycles. The molecule has 0 radical (unpaired) electrons. The van der Waals surface area contributed by atoms with Crippen LogP contribution in [-0.2, 0) is 4.79 Å². The number of fused-ring (bicyclic) bond motifs is 1. The lowest BCUT2D eigenvalue weighted by molar-refractivity contribution is -0.139. The number of halogens is 1. The highest BCUT2D eigenvalue weighted by Gasteiger charge is 2.34. The molecule has 0 spiro atoms. The number of rotatable bonds is 7. The number of benzene rings is 1. The van der Waals surface area contributed by atoms with E-state index in [0.29, 0.717) is 35.1 Å². The fourth-order valence-electron chi connectivity index (χ4n) is 4.83. The third-order valence-electron chi connectivity index (χ3n) is 7.35. The number of carbonyl (C=O) groups excluding carboxylic acids is 1. The number of nitrogens with zero attached hydrogens (tertiary/aromatic N) is 3. The van der Waals surface area contributed by atoms with Gasteiger partial charge in [-0.2, -0.15) is 0 Å². The van der Waals surface area contributed by atoms with E-state index in [9.17, 15) is 18.8 Å². The van der Waals surface area contributed by atoms with E-state index in [1.54, 1.807) is 4.57 Å². The molecule has 3 saturated carbocycles. The van der Waals surface area contributed by atoms with Gasteiger partial charge < -0.3 is 9.72 Å². The Hall–Kier alpha value is -3.67. The third kappa shape index (κ3) is 4.48. The summed E-state index contributed by atoms with van der Waals surface area (Å²) in [6.45, 7) is 0. The van der Waals surface area contributed by atoms with Gasteiger partial charge in [0.25, 0.3) is 5.56 Å². The average molecular weight is 491 g/mol. The van der Waals surface area contributed by atoms with Crippen molar-refractivity contribution in [1.29, 1.82) is 0 Å². The van der Waals surface area contributed by atoms with Crippen LogP contribution in [0.3, 0.4) is 0 Å². The number of hydrogen-bond donors (Lipinski definition) is 1. The molecule has 1 unspecified atom stereocenters. The summed E-state index contributed by atoms with van der Waals surface area (Å²) in [5, 5.41) is 0. The molecule has 0 bridgehead atoms. The van der Waals surface area contributed by atoms with Crippen molar-refractivity contribution in [2.24, 2.45) is 11.8 Å². The van der Waals surface area contributed by atoms with Crippen LogP contribution in [0.25, 0.3) is 11.2 Å². The maximum atomic E-state index is 13.2. The van der Waals surface area contributed by atoms with Crippen LogP contribution >= 0.6 is 0 Å². The fraction of sp³-hybridized carbons (Fsp3) is 0.481. The fourth-order valence-corrected chi connectivity index (χ4v) is 4.83. The van der Waals surface area contributed by atoms with E-state index in [4.69, 9.17) is 4.74 Å². The molecule has 3 aliphatic rings. The Kier molecular flexibility index (Phi) is 5.75. The van der Waals surface area contributed by atoms with Crippen molar-refractivity contribution in [3.8, 4) is 17.6 Å². The van der Waals surface area contributed by atoms with Crippen LogP contribution in [-0.4, -0.2) is 25.1 Å². The van der Waals surface area contributed by atoms with Gasteiger partial charge in [0, 0.05) is 18.5 Å². The second-order valence-corrected chi connectivity index (χ2v) is 10.2. The van der Waals surface area contributed by atoms with Crippen molar-refractivity contribution in [2.45, 2.75) is 69.9 Å². The monoisotopic (exact) mass is 490 g/mol. The van der Waals surface area contributed by atoms with Crippen LogP contribution in [0.4, 0.5) is 4.39 Å². The van der Waals surface area contributed by atoms with E-state index in [0.717, 1.165) is 44.9 Å². The van der Waals surface area contributed by atoms with E-state index in [1.165, 1.54) is 28.8 Å². The number of aromatic nitrogens is 4. The molecular weight excluding hydrogens is 463 g/mol. The topological polar surface area (TPSA) is 99.0 Å². The predicted molar refractivity (Wildman–Crippen MR) is 130 cm³/mol. The Labute approximate surface area is 206 Å². The highest BCUT2D eigenvalue weighted by atomic mass is 19.1. The first kappa shape index (κ1) is 22.8. The average Bonchev–Trinajstić information content (AvgIpc) is 3.76. The predicted octanol–water partition coefficient (Wildman–Crippen LogP) is 3.85. The van der Waals surface area contributed by atoms with Gasteiger partial charge in [-0.05, 0) is 68.2 Å². The highest BCUT2D eigenvalue weighted by Crippen LogP contribution is 2.37. The number of H-pyrrole nitrogens is 1. The molecule has 1 atom stereocenters. The smallest absolute Gasteiger partial charge is 0.333 e. The van der Waals surface area contributed by atoms with Crippen LogP contribution in [0.1, 0.15) is 75.7 Å². The van der Waals surface area contributed by atoms with E-state index in [2.05, 4.69) is 21.8 Å². The maximum absolute atomic E-state index is 13.2. The van der Waals surface area contributed by atoms with E-state index in [1.807, 2.05) is 0 Å². The minimum atomic E-state index is -0.422. The van der Waals surface area contributed by atoms with Gasteiger partial charge in [-0.25, -0.2) is 14.2 Å². The molecule has 1 N–H and O–H groups in total. The summed E-state index contributed by atoms with van der Waals surface area (Å²) in [4.78, 5) is 46.4. The Balaban J connectivity index is 1.25. The number of esters is 1. The summed E-state index contributed by atoms with van der Waals surface area (Å²) in [6, 6.07) is 5.41. The molecule has 8 nitrogen and oxygen atoms in total. The number of ether oxygens (including phenoxy) is 1. The van der Waals surface area contributed by atoms with Crippen molar-refractivity contribution >= 4 is 17.1 Å². The summed E-state index contributed by atoms with van der Waals surface area (Å²) >= 11 is 0. The first-order chi connectivity index (χ1) is 17.5. The molecule has 3 fully saturated rings. The largest absolute Gasteiger partial charge is 0.426 e. The first-order valence-corrected chi connectivity index (χ1v) is 12.7. The van der Waals surface area contributed by atoms with Crippen molar-refractivity contribution in [3.63, 3.8) is 0 Å². The number of imidazole rings is 1. The lowest BCUT2D eigenvalue weighted by Crippen LogP contribution is -2.39. The standard InChI is InChI=1S/C27H27FN4O4/c28-18-7-13-21(14-8-18)36-26(34)17(15-16-3-1-4-16)5-2-6-22-29-23-24(30-22)31(19-9-10-19)27(35)32(25(23)33)20-11-12-20/h7-8,13-14,16-17,19-20H,1,3-5,9-12,15H2,(H,29,30). The summed E-state index contributed by atoms with van der Waals surface area (Å²) in [7, 11) is 0. The van der Waals surface area contributed by atoms with Crippen LogP contribution < -0.4 is 16.0 Å². The van der Waals surface area contributed by atoms with Gasteiger partial charge in [0.15, 0.2) is 17.0 Å². The van der Waals surface area contributed by atoms with Gasteiger partial charge in [-0.3, -0.25) is 18.7 Å². The number of hydrogen-bond acceptors (Lipinski definition) is 5. The minimum Gasteiger partial charge on any atom is -0.426 e. The molecule has 3 aromatic rings. The first-order valence-electron chi connectivity index (χ1n) is 12.7. The number of aromatic amines is 1. The maximum Gasteiger partial charge on any atom is 0.333 e. The molecule has 36 heavy (non-hydrogen) atoms. The summed E-state index contributed by atoms with van der Waals surface area (Å²) in [5.74, 6) is 5.87. The molecule has 6 rings (SSSR count). The zero-order valence-electron chi connectivity index (χ0n) is 19.8. The SMILES string of the molecule is O=C(Oc1ccc(F)cc1)C(CC#Cc1nc2c([nH]1)c(=O)n(C1CC1)c(=O)n2C1CC1)CC1CCC1. The second kappa shape index (κ2) is 9.08. The molecule has 3 aliphatic carbocycles. The van der Waals surface area contributed by atoms with Gasteiger partial charge in [0.05, 0.1) is 5.92 Å². The Morgan fingerprint density at radius 2 is 1.78 bits per heavy atom. The number of nitrogens with one attached hydrogen (secondary N) is 1. The lowest BCUT2D eigenvalue weighted by atomic mass is 9.78. The van der Waals surface area contributed by atoms with Crippen molar-refractivity contribution in [1.82, 2.24) is 19.1 Å². The van der Waals surface area contributed by atoms with Gasteiger partial charge in [0.2, 0.25) is 0 Å². The van der Waals surface area contributed by atoms with Gasteiger partial charge in [-0.1, -0.05) is 25.2 Å². The minimum absolute atomic E-state index is 0.0309. The van der Waals surface area contributed by atoms with Gasteiger partial charge in [-0.15, -0.1) is 0 Å². The molecule has 0 aliphatic heterocycles. The summed E-state index contributed by atoms with van der Waals surface area (Å²) in [5.41, 5.74) is 0.0307. The van der Waals surface area contributed by atoms with Gasteiger partial charge in [0.1, 0.15) is 11.6 Å². The Morgan fingerprint density at radius 1 is 1.08 bits per heavy atom. The molecule has 0 amide bonds. The van der Waals surface area contributed by atoms with Crippen LogP contribution in [0.15, 0.2) is 33.9 Å². The molecule has 186 valence electrons. The van der Waals surface area contributed by atoms with E-state index in [-0.39, 0.29) is 35.7 Å². The quantitative estimate of drug-likeness (QED) is 0.308. The van der Waals surface area contributed by atoms with Crippen LogP contribution in [0.5, 0.6) is 5.75 Å². The third-order valence-corrected chi connectivity index (χ3v) is 7.35. The normalized spacial score (nSPS) is 18.4. The lowest BCUT2D eigenvalue weighted by Gasteiger charge is -2.28. The summed E-state index contributed by atoms with van der Waals surface area (Å²) in [6.07, 6.45) is 7.75. The number of carbonyl (C=O) groups is 1. The second-order valence-electron chi connectivity index (χ2n) is 10.2. The molecule has 1 aromatic carbocycles. The highest BCUT2D eigenvalue weighted by molar-refractivity contribution is 5.75. The van der Waals surface area contributed by atoms with Crippen molar-refractivity contribution in [3.05, 3.63) is 56.7 Å². The van der Waals surface area contributed by atoms with Crippen LogP contribution in [0.2, 0.25) is 0 Å². The van der Waals surface area contributed by atoms with Crippen molar-refractivity contribution < 1.29 is 13.9 Å². The van der Waals surface area contributed by atoms with Gasteiger partial charge >= 0.3 is 11.7 Å². The Bertz CT molecular complexity index is 1500. The molecule has 2 aromatic heterocycles. The van der Waals surface area contributed by atoms with Crippen molar-refractivity contribution in [2.75, 3.05) is 0 Å². The van der Waals surface area contributed by atoms with E-state index < -0.39 is 11.7 Å². The zero-order valence-corrected chi connectivity index (χ0v) is 19.8. The molecule has 9 heteroatoms. The van der Waals surface area contributed by atoms with E-state index >= 15 is 0 Å². The summed E-state index contributed by atoms with van der Waals surface area (Å²) < 4.78 is 21.7. The zero-order chi connectivity index (χ0) is 24.8.